The Balaban J connectivity index is 1.84. The fourth-order valence-electron chi connectivity index (χ4n) is 4.05. The summed E-state index contributed by atoms with van der Waals surface area (Å²) in [4.78, 5) is 0. The quantitative estimate of drug-likeness (QED) is 0.599. The Hall–Kier alpha value is -0.880. The molecule has 1 unspecified atom stereocenters. The van der Waals surface area contributed by atoms with Crippen molar-refractivity contribution in [2.75, 3.05) is 0 Å². The third-order valence-electron chi connectivity index (χ3n) is 5.55. The summed E-state index contributed by atoms with van der Waals surface area (Å²) in [5.74, 6) is 16.5. The van der Waals surface area contributed by atoms with Crippen molar-refractivity contribution in [1.29, 1.82) is 0 Å². The molecule has 3 atom stereocenters. The highest BCUT2D eigenvalue weighted by Crippen LogP contribution is 2.40. The molecule has 20 heavy (non-hydrogen) atoms. The molecule has 0 N–H and O–H groups in total. The van der Waals surface area contributed by atoms with Crippen LogP contribution in [0.15, 0.2) is 0 Å². The van der Waals surface area contributed by atoms with Crippen LogP contribution in [0.2, 0.25) is 0 Å². The van der Waals surface area contributed by atoms with Crippen LogP contribution in [0.4, 0.5) is 0 Å². The van der Waals surface area contributed by atoms with Gasteiger partial charge in [-0.05, 0) is 61.7 Å². The van der Waals surface area contributed by atoms with Crippen LogP contribution in [-0.4, -0.2) is 0 Å². The molecule has 0 aromatic carbocycles. The van der Waals surface area contributed by atoms with Gasteiger partial charge in [-0.3, -0.25) is 0 Å². The van der Waals surface area contributed by atoms with Crippen molar-refractivity contribution >= 4 is 0 Å². The molecule has 0 saturated heterocycles. The van der Waals surface area contributed by atoms with Gasteiger partial charge in [-0.1, -0.05) is 57.8 Å². The first-order valence-electron chi connectivity index (χ1n) is 8.61. The average Bonchev–Trinajstić information content (AvgIpc) is 2.45. The fraction of sp³-hybridized carbons (Fsp3) is 0.800. The SMILES string of the molecule is CC#CC#CC1C[C@@H](CC2CCC(C)CC2)CC[C@H]1C. The molecular weight excluding hydrogens is 240 g/mol. The summed E-state index contributed by atoms with van der Waals surface area (Å²) >= 11 is 0. The van der Waals surface area contributed by atoms with Crippen molar-refractivity contribution < 1.29 is 0 Å². The van der Waals surface area contributed by atoms with E-state index in [1.807, 2.05) is 6.92 Å². The summed E-state index contributed by atoms with van der Waals surface area (Å²) in [6, 6.07) is 0. The van der Waals surface area contributed by atoms with Gasteiger partial charge < -0.3 is 0 Å². The Morgan fingerprint density at radius 1 is 0.850 bits per heavy atom. The first-order valence-corrected chi connectivity index (χ1v) is 8.61. The summed E-state index contributed by atoms with van der Waals surface area (Å²) in [5, 5.41) is 0. The second kappa shape index (κ2) is 7.78. The molecule has 0 aromatic rings. The lowest BCUT2D eigenvalue weighted by atomic mass is 9.70. The minimum atomic E-state index is 0.595. The van der Waals surface area contributed by atoms with Gasteiger partial charge in [0.25, 0.3) is 0 Å². The largest absolute Gasteiger partial charge is 0.0925 e. The van der Waals surface area contributed by atoms with E-state index in [1.165, 1.54) is 51.4 Å². The van der Waals surface area contributed by atoms with E-state index in [9.17, 15) is 0 Å². The standard InChI is InChI=1S/C20H30/c1-4-5-6-7-20-15-19(13-10-17(20)3)14-18-11-8-16(2)9-12-18/h16-20H,8-15H2,1-3H3/t16?,17-,18?,19-,20?/m1/s1. The average molecular weight is 270 g/mol. The molecule has 0 heterocycles. The third-order valence-corrected chi connectivity index (χ3v) is 5.55. The molecule has 2 fully saturated rings. The molecule has 2 rings (SSSR count). The number of hydrogen-bond donors (Lipinski definition) is 0. The van der Waals surface area contributed by atoms with E-state index in [2.05, 4.69) is 37.5 Å². The van der Waals surface area contributed by atoms with Crippen LogP contribution in [0.25, 0.3) is 0 Å². The van der Waals surface area contributed by atoms with Crippen molar-refractivity contribution in [3.05, 3.63) is 0 Å². The summed E-state index contributed by atoms with van der Waals surface area (Å²) in [6.45, 7) is 6.65. The van der Waals surface area contributed by atoms with Gasteiger partial charge in [0.15, 0.2) is 0 Å². The Kier molecular flexibility index (Phi) is 6.04. The van der Waals surface area contributed by atoms with Gasteiger partial charge in [-0.2, -0.15) is 0 Å². The molecule has 2 saturated carbocycles. The Labute approximate surface area is 126 Å². The summed E-state index contributed by atoms with van der Waals surface area (Å²) in [5.41, 5.74) is 0. The highest BCUT2D eigenvalue weighted by atomic mass is 14.3. The predicted molar refractivity (Wildman–Crippen MR) is 87.0 cm³/mol. The van der Waals surface area contributed by atoms with Crippen LogP contribution in [0.1, 0.15) is 72.1 Å². The van der Waals surface area contributed by atoms with Crippen LogP contribution < -0.4 is 0 Å². The van der Waals surface area contributed by atoms with Gasteiger partial charge in [0.05, 0.1) is 0 Å². The van der Waals surface area contributed by atoms with Crippen molar-refractivity contribution in [1.82, 2.24) is 0 Å². The van der Waals surface area contributed by atoms with Crippen molar-refractivity contribution in [3.63, 3.8) is 0 Å². The van der Waals surface area contributed by atoms with Crippen LogP contribution in [0.3, 0.4) is 0 Å². The Bertz CT molecular complexity index is 403. The van der Waals surface area contributed by atoms with Gasteiger partial charge in [0.2, 0.25) is 0 Å². The van der Waals surface area contributed by atoms with E-state index in [1.54, 1.807) is 0 Å². The molecule has 0 amide bonds. The smallest absolute Gasteiger partial charge is 0.0241 e. The predicted octanol–water partition coefficient (Wildman–Crippen LogP) is 5.28. The first-order chi connectivity index (χ1) is 9.69. The van der Waals surface area contributed by atoms with Gasteiger partial charge in [-0.25, -0.2) is 0 Å². The van der Waals surface area contributed by atoms with Crippen molar-refractivity contribution in [2.45, 2.75) is 72.1 Å². The Morgan fingerprint density at radius 2 is 1.55 bits per heavy atom. The molecule has 0 bridgehead atoms. The van der Waals surface area contributed by atoms with E-state index in [0.29, 0.717) is 5.92 Å². The van der Waals surface area contributed by atoms with E-state index in [4.69, 9.17) is 0 Å². The van der Waals surface area contributed by atoms with Gasteiger partial charge in [0, 0.05) is 5.92 Å². The van der Waals surface area contributed by atoms with E-state index >= 15 is 0 Å². The van der Waals surface area contributed by atoms with Gasteiger partial charge in [0.1, 0.15) is 0 Å². The van der Waals surface area contributed by atoms with Crippen LogP contribution in [0.5, 0.6) is 0 Å². The molecule has 0 radical (unpaired) electrons. The van der Waals surface area contributed by atoms with Crippen LogP contribution in [-0.2, 0) is 0 Å². The second-order valence-corrected chi connectivity index (χ2v) is 7.27. The van der Waals surface area contributed by atoms with E-state index in [0.717, 1.165) is 23.7 Å². The Morgan fingerprint density at radius 3 is 2.25 bits per heavy atom. The van der Waals surface area contributed by atoms with Crippen molar-refractivity contribution in [2.24, 2.45) is 29.6 Å². The summed E-state index contributed by atoms with van der Waals surface area (Å²) < 4.78 is 0. The van der Waals surface area contributed by atoms with Crippen LogP contribution >= 0.6 is 0 Å². The maximum absolute atomic E-state index is 3.42. The fourth-order valence-corrected chi connectivity index (χ4v) is 4.05. The van der Waals surface area contributed by atoms with Gasteiger partial charge in [-0.15, -0.1) is 0 Å². The topological polar surface area (TPSA) is 0 Å². The molecule has 2 aliphatic carbocycles. The molecule has 0 heteroatoms. The molecule has 0 aliphatic heterocycles. The summed E-state index contributed by atoms with van der Waals surface area (Å²) in [7, 11) is 0. The summed E-state index contributed by atoms with van der Waals surface area (Å²) in [6.07, 6.45) is 11.5. The molecule has 110 valence electrons. The van der Waals surface area contributed by atoms with E-state index < -0.39 is 0 Å². The lowest BCUT2D eigenvalue weighted by molar-refractivity contribution is 0.177. The zero-order chi connectivity index (χ0) is 14.4. The highest BCUT2D eigenvalue weighted by Gasteiger charge is 2.29. The highest BCUT2D eigenvalue weighted by molar-refractivity contribution is 5.26. The minimum Gasteiger partial charge on any atom is -0.0925 e. The second-order valence-electron chi connectivity index (χ2n) is 7.27. The minimum absolute atomic E-state index is 0.595. The maximum Gasteiger partial charge on any atom is 0.0241 e. The third kappa shape index (κ3) is 4.59. The molecule has 0 nitrogen and oxygen atoms in total. The van der Waals surface area contributed by atoms with Crippen molar-refractivity contribution in [3.8, 4) is 23.7 Å². The molecule has 0 spiro atoms. The zero-order valence-electron chi connectivity index (χ0n) is 13.5. The lowest BCUT2D eigenvalue weighted by Gasteiger charge is -2.35. The molecule has 2 aliphatic rings. The maximum atomic E-state index is 3.42. The van der Waals surface area contributed by atoms with E-state index in [-0.39, 0.29) is 0 Å². The zero-order valence-corrected chi connectivity index (χ0v) is 13.5. The van der Waals surface area contributed by atoms with Gasteiger partial charge >= 0.3 is 0 Å². The monoisotopic (exact) mass is 270 g/mol. The van der Waals surface area contributed by atoms with Crippen LogP contribution in [0, 0.1) is 53.3 Å². The number of hydrogen-bond acceptors (Lipinski definition) is 0. The molecule has 0 aromatic heterocycles. The lowest BCUT2D eigenvalue weighted by Crippen LogP contribution is -2.24. The number of rotatable bonds is 2. The molecular formula is C20H30. The normalized spacial score (nSPS) is 37.2. The first kappa shape index (κ1) is 15.5.